The van der Waals surface area contributed by atoms with Gasteiger partial charge in [0.1, 0.15) is 11.5 Å². The zero-order valence-corrected chi connectivity index (χ0v) is 12.4. The SMILES string of the molecule is Cc1ccc(C)c(O[C@H](C)C(=O)Nc2cccc(O)c2)c1. The summed E-state index contributed by atoms with van der Waals surface area (Å²) in [5.74, 6) is 0.547. The van der Waals surface area contributed by atoms with E-state index in [9.17, 15) is 9.90 Å². The van der Waals surface area contributed by atoms with E-state index in [4.69, 9.17) is 4.74 Å². The van der Waals surface area contributed by atoms with Crippen molar-refractivity contribution in [2.24, 2.45) is 0 Å². The molecule has 1 amide bonds. The van der Waals surface area contributed by atoms with Crippen LogP contribution in [0.1, 0.15) is 18.1 Å². The molecule has 4 nitrogen and oxygen atoms in total. The van der Waals surface area contributed by atoms with Crippen LogP contribution in [0.4, 0.5) is 5.69 Å². The fraction of sp³-hybridized carbons (Fsp3) is 0.235. The van der Waals surface area contributed by atoms with E-state index in [0.29, 0.717) is 11.4 Å². The lowest BCUT2D eigenvalue weighted by Gasteiger charge is -2.16. The van der Waals surface area contributed by atoms with Crippen molar-refractivity contribution in [2.75, 3.05) is 5.32 Å². The number of ether oxygens (including phenoxy) is 1. The van der Waals surface area contributed by atoms with Crippen molar-refractivity contribution in [1.82, 2.24) is 0 Å². The Morgan fingerprint density at radius 2 is 1.95 bits per heavy atom. The van der Waals surface area contributed by atoms with Crippen LogP contribution in [0, 0.1) is 13.8 Å². The number of rotatable bonds is 4. The molecule has 2 aromatic carbocycles. The maximum absolute atomic E-state index is 12.1. The lowest BCUT2D eigenvalue weighted by molar-refractivity contribution is -0.122. The van der Waals surface area contributed by atoms with Gasteiger partial charge in [0.15, 0.2) is 6.10 Å². The second kappa shape index (κ2) is 6.31. The van der Waals surface area contributed by atoms with E-state index in [2.05, 4.69) is 5.32 Å². The molecule has 0 aliphatic rings. The third-order valence-electron chi connectivity index (χ3n) is 3.13. The average molecular weight is 285 g/mol. The maximum Gasteiger partial charge on any atom is 0.265 e. The molecule has 21 heavy (non-hydrogen) atoms. The van der Waals surface area contributed by atoms with Gasteiger partial charge in [0.2, 0.25) is 0 Å². The summed E-state index contributed by atoms with van der Waals surface area (Å²) < 4.78 is 5.72. The Balaban J connectivity index is 2.04. The van der Waals surface area contributed by atoms with Crippen LogP contribution < -0.4 is 10.1 Å². The minimum Gasteiger partial charge on any atom is -0.508 e. The number of hydrogen-bond acceptors (Lipinski definition) is 3. The highest BCUT2D eigenvalue weighted by atomic mass is 16.5. The number of hydrogen-bond donors (Lipinski definition) is 2. The Bertz CT molecular complexity index is 652. The predicted molar refractivity (Wildman–Crippen MR) is 82.7 cm³/mol. The second-order valence-electron chi connectivity index (χ2n) is 5.07. The molecule has 0 unspecified atom stereocenters. The number of carbonyl (C=O) groups excluding carboxylic acids is 1. The first-order valence-electron chi connectivity index (χ1n) is 6.79. The first-order chi connectivity index (χ1) is 9.95. The molecular formula is C17H19NO3. The largest absolute Gasteiger partial charge is 0.508 e. The van der Waals surface area contributed by atoms with Crippen LogP contribution in [-0.4, -0.2) is 17.1 Å². The minimum absolute atomic E-state index is 0.107. The molecule has 0 heterocycles. The van der Waals surface area contributed by atoms with Crippen molar-refractivity contribution in [3.8, 4) is 11.5 Å². The fourth-order valence-electron chi connectivity index (χ4n) is 1.91. The highest BCUT2D eigenvalue weighted by molar-refractivity contribution is 5.94. The number of phenolic OH excluding ortho intramolecular Hbond substituents is 1. The molecule has 0 saturated heterocycles. The van der Waals surface area contributed by atoms with E-state index in [0.717, 1.165) is 11.1 Å². The number of aromatic hydroxyl groups is 1. The minimum atomic E-state index is -0.632. The van der Waals surface area contributed by atoms with Gasteiger partial charge in [-0.25, -0.2) is 0 Å². The fourth-order valence-corrected chi connectivity index (χ4v) is 1.91. The summed E-state index contributed by atoms with van der Waals surface area (Å²) >= 11 is 0. The van der Waals surface area contributed by atoms with Crippen molar-refractivity contribution >= 4 is 11.6 Å². The van der Waals surface area contributed by atoms with Gasteiger partial charge in [0.05, 0.1) is 0 Å². The maximum atomic E-state index is 12.1. The van der Waals surface area contributed by atoms with Crippen molar-refractivity contribution in [3.05, 3.63) is 53.6 Å². The van der Waals surface area contributed by atoms with Gasteiger partial charge in [-0.2, -0.15) is 0 Å². The summed E-state index contributed by atoms with van der Waals surface area (Å²) in [7, 11) is 0. The van der Waals surface area contributed by atoms with Crippen LogP contribution in [0.5, 0.6) is 11.5 Å². The average Bonchev–Trinajstić information content (AvgIpc) is 2.43. The molecule has 0 saturated carbocycles. The van der Waals surface area contributed by atoms with Crippen molar-refractivity contribution < 1.29 is 14.6 Å². The molecule has 2 N–H and O–H groups in total. The molecule has 0 bridgehead atoms. The monoisotopic (exact) mass is 285 g/mol. The van der Waals surface area contributed by atoms with Gasteiger partial charge in [-0.15, -0.1) is 0 Å². The van der Waals surface area contributed by atoms with E-state index in [-0.39, 0.29) is 11.7 Å². The predicted octanol–water partition coefficient (Wildman–Crippen LogP) is 3.42. The third-order valence-corrected chi connectivity index (χ3v) is 3.13. The van der Waals surface area contributed by atoms with Crippen LogP contribution in [-0.2, 0) is 4.79 Å². The Morgan fingerprint density at radius 3 is 2.67 bits per heavy atom. The molecule has 4 heteroatoms. The molecule has 0 spiro atoms. The number of benzene rings is 2. The van der Waals surface area contributed by atoms with Crippen molar-refractivity contribution in [1.29, 1.82) is 0 Å². The zero-order chi connectivity index (χ0) is 15.4. The molecule has 1 atom stereocenters. The molecule has 0 aliphatic carbocycles. The number of aryl methyl sites for hydroxylation is 2. The van der Waals surface area contributed by atoms with Gasteiger partial charge >= 0.3 is 0 Å². The van der Waals surface area contributed by atoms with E-state index in [1.54, 1.807) is 25.1 Å². The van der Waals surface area contributed by atoms with Crippen LogP contribution in [0.2, 0.25) is 0 Å². The topological polar surface area (TPSA) is 58.6 Å². The number of anilines is 1. The molecule has 0 aromatic heterocycles. The van der Waals surface area contributed by atoms with Crippen LogP contribution in [0.15, 0.2) is 42.5 Å². The second-order valence-corrected chi connectivity index (χ2v) is 5.07. The van der Waals surface area contributed by atoms with E-state index in [1.165, 1.54) is 6.07 Å². The molecular weight excluding hydrogens is 266 g/mol. The van der Waals surface area contributed by atoms with Gasteiger partial charge in [-0.1, -0.05) is 18.2 Å². The highest BCUT2D eigenvalue weighted by Crippen LogP contribution is 2.21. The van der Waals surface area contributed by atoms with E-state index < -0.39 is 6.10 Å². The summed E-state index contributed by atoms with van der Waals surface area (Å²) in [4.78, 5) is 12.1. The third kappa shape index (κ3) is 3.99. The quantitative estimate of drug-likeness (QED) is 0.905. The molecule has 0 radical (unpaired) electrons. The molecule has 2 rings (SSSR count). The molecule has 0 fully saturated rings. The molecule has 0 aliphatic heterocycles. The number of carbonyl (C=O) groups is 1. The van der Waals surface area contributed by atoms with Gasteiger partial charge in [-0.05, 0) is 50.1 Å². The number of nitrogens with one attached hydrogen (secondary N) is 1. The molecule has 2 aromatic rings. The van der Waals surface area contributed by atoms with Crippen molar-refractivity contribution in [3.63, 3.8) is 0 Å². The number of amides is 1. The van der Waals surface area contributed by atoms with E-state index in [1.807, 2.05) is 32.0 Å². The number of phenols is 1. The first kappa shape index (κ1) is 14.9. The van der Waals surface area contributed by atoms with Gasteiger partial charge in [-0.3, -0.25) is 4.79 Å². The van der Waals surface area contributed by atoms with Crippen LogP contribution >= 0.6 is 0 Å². The first-order valence-corrected chi connectivity index (χ1v) is 6.79. The Labute approximate surface area is 124 Å². The van der Waals surface area contributed by atoms with Gasteiger partial charge in [0.25, 0.3) is 5.91 Å². The highest BCUT2D eigenvalue weighted by Gasteiger charge is 2.16. The zero-order valence-electron chi connectivity index (χ0n) is 12.4. The summed E-state index contributed by atoms with van der Waals surface area (Å²) in [6, 6.07) is 12.3. The standard InChI is InChI=1S/C17H19NO3/c1-11-7-8-12(2)16(9-11)21-13(3)17(20)18-14-5-4-6-15(19)10-14/h4-10,13,19H,1-3H3,(H,18,20)/t13-/m1/s1. The summed E-state index contributed by atoms with van der Waals surface area (Å²) in [6.07, 6.45) is -0.632. The molecule has 110 valence electrons. The Hall–Kier alpha value is -2.49. The lowest BCUT2D eigenvalue weighted by atomic mass is 10.1. The van der Waals surface area contributed by atoms with E-state index >= 15 is 0 Å². The Morgan fingerprint density at radius 1 is 1.19 bits per heavy atom. The van der Waals surface area contributed by atoms with Gasteiger partial charge in [0, 0.05) is 11.8 Å². The smallest absolute Gasteiger partial charge is 0.265 e. The normalized spacial score (nSPS) is 11.8. The van der Waals surface area contributed by atoms with Crippen LogP contribution in [0.3, 0.4) is 0 Å². The summed E-state index contributed by atoms with van der Waals surface area (Å²) in [6.45, 7) is 5.61. The van der Waals surface area contributed by atoms with Crippen molar-refractivity contribution in [2.45, 2.75) is 26.9 Å². The summed E-state index contributed by atoms with van der Waals surface area (Å²) in [5, 5.41) is 12.1. The lowest BCUT2D eigenvalue weighted by Crippen LogP contribution is -2.30. The van der Waals surface area contributed by atoms with Crippen LogP contribution in [0.25, 0.3) is 0 Å². The summed E-state index contributed by atoms with van der Waals surface area (Å²) in [5.41, 5.74) is 2.60. The Kier molecular flexibility index (Phi) is 4.48. The van der Waals surface area contributed by atoms with Gasteiger partial charge < -0.3 is 15.2 Å².